The zero-order valence-corrected chi connectivity index (χ0v) is 21.7. The van der Waals surface area contributed by atoms with Gasteiger partial charge in [-0.15, -0.1) is 0 Å². The molecule has 1 atom stereocenters. The molecule has 0 saturated carbocycles. The van der Waals surface area contributed by atoms with Gasteiger partial charge in [-0.3, -0.25) is 4.79 Å². The van der Waals surface area contributed by atoms with Gasteiger partial charge in [-0.1, -0.05) is 96.0 Å². The summed E-state index contributed by atoms with van der Waals surface area (Å²) in [6.45, 7) is 11.6. The molecule has 1 unspecified atom stereocenters. The van der Waals surface area contributed by atoms with E-state index >= 15 is 0 Å². The minimum Gasteiger partial charge on any atom is -0.350 e. The molecule has 34 heavy (non-hydrogen) atoms. The number of nitrogens with one attached hydrogen (secondary N) is 1. The highest BCUT2D eigenvalue weighted by Crippen LogP contribution is 2.42. The Hall–Kier alpha value is -2.68. The zero-order chi connectivity index (χ0) is 24.6. The normalized spacial score (nSPS) is 13.4. The molecule has 2 aromatic carbocycles. The molecular weight excluding hydrogens is 416 g/mol. The molecule has 3 rings (SSSR count). The second-order valence-electron chi connectivity index (χ2n) is 10.3. The topological polar surface area (TPSA) is 45.8 Å². The van der Waals surface area contributed by atoms with Gasteiger partial charge in [0.05, 0.1) is 6.33 Å². The summed E-state index contributed by atoms with van der Waals surface area (Å²) in [5, 5.41) is 0. The average molecular weight is 458 g/mol. The predicted octanol–water partition coefficient (Wildman–Crippen LogP) is 7.90. The fourth-order valence-corrected chi connectivity index (χ4v) is 5.09. The van der Waals surface area contributed by atoms with E-state index in [2.05, 4.69) is 93.1 Å². The van der Waals surface area contributed by atoms with Crippen molar-refractivity contribution in [2.24, 2.45) is 5.92 Å². The summed E-state index contributed by atoms with van der Waals surface area (Å²) in [4.78, 5) is 20.3. The number of benzene rings is 2. The smallest absolute Gasteiger partial charge is 0.187 e. The molecule has 0 fully saturated rings. The van der Waals surface area contributed by atoms with Crippen LogP contribution in [0.25, 0.3) is 0 Å². The van der Waals surface area contributed by atoms with Crippen molar-refractivity contribution in [1.29, 1.82) is 0 Å². The molecule has 181 valence electrons. The van der Waals surface area contributed by atoms with Crippen LogP contribution in [0.1, 0.15) is 99.5 Å². The summed E-state index contributed by atoms with van der Waals surface area (Å²) in [5.74, 6) is 2.10. The van der Waals surface area contributed by atoms with Crippen LogP contribution in [0.3, 0.4) is 0 Å². The van der Waals surface area contributed by atoms with E-state index in [-0.39, 0.29) is 11.2 Å². The van der Waals surface area contributed by atoms with Gasteiger partial charge in [-0.25, -0.2) is 4.98 Å². The minimum atomic E-state index is 0.0205. The van der Waals surface area contributed by atoms with Crippen LogP contribution in [-0.2, 0) is 18.3 Å². The monoisotopic (exact) mass is 457 g/mol. The molecule has 0 amide bonds. The fourth-order valence-electron chi connectivity index (χ4n) is 5.09. The van der Waals surface area contributed by atoms with Crippen molar-refractivity contribution in [1.82, 2.24) is 9.97 Å². The number of carbonyl (C=O) groups excluding carboxylic acids is 1. The lowest BCUT2D eigenvalue weighted by Crippen LogP contribution is -2.27. The Morgan fingerprint density at radius 2 is 1.79 bits per heavy atom. The van der Waals surface area contributed by atoms with E-state index in [1.54, 1.807) is 12.5 Å². The van der Waals surface area contributed by atoms with Gasteiger partial charge in [0.15, 0.2) is 5.78 Å². The van der Waals surface area contributed by atoms with Crippen LogP contribution >= 0.6 is 0 Å². The first-order chi connectivity index (χ1) is 16.4. The van der Waals surface area contributed by atoms with Gasteiger partial charge < -0.3 is 4.98 Å². The minimum absolute atomic E-state index is 0.0205. The fraction of sp³-hybridized carbons (Fsp3) is 0.452. The van der Waals surface area contributed by atoms with Gasteiger partial charge >= 0.3 is 0 Å². The number of H-pyrrole nitrogens is 1. The van der Waals surface area contributed by atoms with Gasteiger partial charge in [-0.05, 0) is 59.3 Å². The van der Waals surface area contributed by atoms with Crippen LogP contribution in [-0.4, -0.2) is 15.8 Å². The van der Waals surface area contributed by atoms with Gasteiger partial charge in [0, 0.05) is 18.5 Å². The molecule has 0 bridgehead atoms. The Bertz CT molecular complexity index is 1020. The van der Waals surface area contributed by atoms with Crippen LogP contribution in [0.5, 0.6) is 0 Å². The molecule has 3 nitrogen and oxygen atoms in total. The SMILES string of the molecule is CCCCC(C)(CC)c1c(CC(=O)c2c[nH]cn2)cccc1[C](Cc1ccccc1)CC(C)C. The van der Waals surface area contributed by atoms with Crippen LogP contribution in [0.4, 0.5) is 0 Å². The highest BCUT2D eigenvalue weighted by atomic mass is 16.1. The number of imidazole rings is 1. The van der Waals surface area contributed by atoms with Crippen molar-refractivity contribution in [3.05, 3.63) is 94.9 Å². The third-order valence-electron chi connectivity index (χ3n) is 7.05. The molecule has 1 radical (unpaired) electrons. The van der Waals surface area contributed by atoms with Crippen molar-refractivity contribution in [2.45, 2.75) is 85.0 Å². The van der Waals surface area contributed by atoms with E-state index in [0.717, 1.165) is 31.2 Å². The molecule has 1 N–H and O–H groups in total. The number of unbranched alkanes of at least 4 members (excludes halogenated alkanes) is 1. The Balaban J connectivity index is 2.12. The molecule has 1 heterocycles. The van der Waals surface area contributed by atoms with Gasteiger partial charge in [0.1, 0.15) is 5.69 Å². The second-order valence-corrected chi connectivity index (χ2v) is 10.3. The van der Waals surface area contributed by atoms with E-state index in [1.165, 1.54) is 35.4 Å². The van der Waals surface area contributed by atoms with Crippen molar-refractivity contribution in [3.63, 3.8) is 0 Å². The zero-order valence-electron chi connectivity index (χ0n) is 21.7. The Morgan fingerprint density at radius 3 is 2.41 bits per heavy atom. The number of aromatic nitrogens is 2. The van der Waals surface area contributed by atoms with E-state index in [9.17, 15) is 4.79 Å². The summed E-state index contributed by atoms with van der Waals surface area (Å²) in [5.41, 5.74) is 5.76. The van der Waals surface area contributed by atoms with Crippen molar-refractivity contribution < 1.29 is 4.79 Å². The predicted molar refractivity (Wildman–Crippen MR) is 142 cm³/mol. The summed E-state index contributed by atoms with van der Waals surface area (Å²) in [6, 6.07) is 17.4. The summed E-state index contributed by atoms with van der Waals surface area (Å²) in [6.07, 6.45) is 10.2. The molecule has 0 aliphatic rings. The lowest BCUT2D eigenvalue weighted by Gasteiger charge is -2.36. The molecule has 0 saturated heterocycles. The number of hydrogen-bond donors (Lipinski definition) is 1. The van der Waals surface area contributed by atoms with Crippen LogP contribution in [0, 0.1) is 11.8 Å². The number of ketones is 1. The molecule has 0 aliphatic carbocycles. The lowest BCUT2D eigenvalue weighted by molar-refractivity contribution is 0.0988. The first-order valence-electron chi connectivity index (χ1n) is 12.9. The van der Waals surface area contributed by atoms with Crippen LogP contribution in [0.15, 0.2) is 61.1 Å². The number of aromatic amines is 1. The summed E-state index contributed by atoms with van der Waals surface area (Å²) < 4.78 is 0. The number of carbonyl (C=O) groups is 1. The molecule has 1 aromatic heterocycles. The van der Waals surface area contributed by atoms with Crippen molar-refractivity contribution in [2.75, 3.05) is 0 Å². The first kappa shape index (κ1) is 25.9. The van der Waals surface area contributed by atoms with Crippen LogP contribution < -0.4 is 0 Å². The maximum atomic E-state index is 13.1. The Labute approximate surface area is 206 Å². The Kier molecular flexibility index (Phi) is 9.27. The largest absolute Gasteiger partial charge is 0.350 e. The molecular formula is C31H41N2O. The number of Topliss-reactive ketones (excluding diaryl/α,β-unsaturated/α-hetero) is 1. The third kappa shape index (κ3) is 6.46. The number of hydrogen-bond acceptors (Lipinski definition) is 2. The lowest BCUT2D eigenvalue weighted by atomic mass is 9.68. The van der Waals surface area contributed by atoms with E-state index in [1.807, 2.05) is 0 Å². The number of nitrogens with zero attached hydrogens (tertiary/aromatic N) is 1. The summed E-state index contributed by atoms with van der Waals surface area (Å²) in [7, 11) is 0. The maximum absolute atomic E-state index is 13.1. The van der Waals surface area contributed by atoms with E-state index in [4.69, 9.17) is 0 Å². The molecule has 0 aliphatic heterocycles. The molecule has 0 spiro atoms. The molecule has 3 heteroatoms. The highest BCUT2D eigenvalue weighted by molar-refractivity contribution is 5.95. The van der Waals surface area contributed by atoms with Crippen molar-refractivity contribution >= 4 is 5.78 Å². The number of rotatable bonds is 13. The van der Waals surface area contributed by atoms with E-state index in [0.29, 0.717) is 18.0 Å². The third-order valence-corrected chi connectivity index (χ3v) is 7.05. The van der Waals surface area contributed by atoms with Crippen LogP contribution in [0.2, 0.25) is 0 Å². The van der Waals surface area contributed by atoms with Gasteiger partial charge in [0.25, 0.3) is 0 Å². The quantitative estimate of drug-likeness (QED) is 0.265. The van der Waals surface area contributed by atoms with Gasteiger partial charge in [-0.2, -0.15) is 0 Å². The Morgan fingerprint density at radius 1 is 1.03 bits per heavy atom. The van der Waals surface area contributed by atoms with E-state index < -0.39 is 0 Å². The molecule has 3 aromatic rings. The second kappa shape index (κ2) is 12.1. The van der Waals surface area contributed by atoms with Crippen molar-refractivity contribution in [3.8, 4) is 0 Å². The highest BCUT2D eigenvalue weighted by Gasteiger charge is 2.32. The average Bonchev–Trinajstić information content (AvgIpc) is 3.38. The van der Waals surface area contributed by atoms with Gasteiger partial charge in [0.2, 0.25) is 0 Å². The standard InChI is InChI=1S/C31H41N2O/c1-6-8-17-31(5,7-2)30-25(20-29(34)28-21-32-22-33-28)15-12-16-27(30)26(18-23(3)4)19-24-13-10-9-11-14-24/h9-16,21-23H,6-8,17-20H2,1-5H3,(H,32,33). The first-order valence-corrected chi connectivity index (χ1v) is 12.9. The maximum Gasteiger partial charge on any atom is 0.187 e. The summed E-state index contributed by atoms with van der Waals surface area (Å²) >= 11 is 0.